The van der Waals surface area contributed by atoms with E-state index in [4.69, 9.17) is 4.42 Å². The fraction of sp³-hybridized carbons (Fsp3) is 0.294. The molecule has 3 aromatic rings. The van der Waals surface area contributed by atoms with E-state index in [1.54, 1.807) is 6.26 Å². The summed E-state index contributed by atoms with van der Waals surface area (Å²) in [7, 11) is 0. The maximum Gasteiger partial charge on any atom is 0.105 e. The first-order valence-corrected chi connectivity index (χ1v) is 7.92. The third kappa shape index (κ3) is 2.94. The van der Waals surface area contributed by atoms with Crippen LogP contribution in [0.15, 0.2) is 53.1 Å². The molecule has 20 heavy (non-hydrogen) atoms. The van der Waals surface area contributed by atoms with Gasteiger partial charge in [0.05, 0.1) is 6.26 Å². The molecule has 0 aliphatic carbocycles. The van der Waals surface area contributed by atoms with Gasteiger partial charge in [-0.1, -0.05) is 25.1 Å². The van der Waals surface area contributed by atoms with Crippen LogP contribution in [0.4, 0.5) is 0 Å². The molecular formula is C17H19NOS. The molecule has 1 N–H and O–H groups in total. The van der Waals surface area contributed by atoms with E-state index in [9.17, 15) is 0 Å². The van der Waals surface area contributed by atoms with E-state index >= 15 is 0 Å². The van der Waals surface area contributed by atoms with E-state index in [0.717, 1.165) is 25.1 Å². The van der Waals surface area contributed by atoms with Gasteiger partial charge < -0.3 is 9.73 Å². The highest BCUT2D eigenvalue weighted by molar-refractivity contribution is 7.19. The second-order valence-electron chi connectivity index (χ2n) is 4.98. The van der Waals surface area contributed by atoms with Crippen LogP contribution < -0.4 is 5.32 Å². The molecule has 2 nitrogen and oxygen atoms in total. The first-order chi connectivity index (χ1) is 9.86. The molecule has 1 atom stereocenters. The predicted molar refractivity (Wildman–Crippen MR) is 85.3 cm³/mol. The summed E-state index contributed by atoms with van der Waals surface area (Å²) >= 11 is 1.87. The highest BCUT2D eigenvalue weighted by atomic mass is 32.1. The quantitative estimate of drug-likeness (QED) is 0.705. The summed E-state index contributed by atoms with van der Waals surface area (Å²) in [6.45, 7) is 3.22. The van der Waals surface area contributed by atoms with Crippen LogP contribution >= 0.6 is 11.3 Å². The molecule has 0 radical (unpaired) electrons. The molecule has 0 aliphatic heterocycles. The lowest BCUT2D eigenvalue weighted by molar-refractivity contribution is 0.452. The van der Waals surface area contributed by atoms with E-state index in [1.807, 2.05) is 23.5 Å². The Morgan fingerprint density at radius 3 is 2.85 bits per heavy atom. The summed E-state index contributed by atoms with van der Waals surface area (Å²) in [5.41, 5.74) is 0. The van der Waals surface area contributed by atoms with Crippen molar-refractivity contribution >= 4 is 21.4 Å². The molecule has 0 saturated carbocycles. The molecule has 2 aromatic heterocycles. The molecule has 2 heterocycles. The average molecular weight is 285 g/mol. The van der Waals surface area contributed by atoms with Gasteiger partial charge in [-0.3, -0.25) is 0 Å². The van der Waals surface area contributed by atoms with Gasteiger partial charge in [-0.15, -0.1) is 11.3 Å². The Morgan fingerprint density at radius 2 is 2.10 bits per heavy atom. The lowest BCUT2D eigenvalue weighted by Gasteiger charge is -2.15. The van der Waals surface area contributed by atoms with Crippen molar-refractivity contribution < 1.29 is 4.42 Å². The van der Waals surface area contributed by atoms with Crippen molar-refractivity contribution in [1.82, 2.24) is 5.32 Å². The smallest absolute Gasteiger partial charge is 0.105 e. The molecule has 3 heteroatoms. The topological polar surface area (TPSA) is 25.2 Å². The maximum absolute atomic E-state index is 5.50. The number of fused-ring (bicyclic) bond motifs is 1. The first kappa shape index (κ1) is 13.4. The Hall–Kier alpha value is -1.58. The average Bonchev–Trinajstić information content (AvgIpc) is 3.12. The van der Waals surface area contributed by atoms with E-state index in [2.05, 4.69) is 42.6 Å². The molecule has 0 spiro atoms. The second-order valence-corrected chi connectivity index (χ2v) is 6.09. The Labute approximate surface area is 123 Å². The maximum atomic E-state index is 5.50. The number of thiophene rings is 1. The van der Waals surface area contributed by atoms with Crippen molar-refractivity contribution in [2.45, 2.75) is 25.8 Å². The van der Waals surface area contributed by atoms with Crippen molar-refractivity contribution in [2.24, 2.45) is 0 Å². The fourth-order valence-electron chi connectivity index (χ4n) is 2.40. The van der Waals surface area contributed by atoms with Gasteiger partial charge in [0.25, 0.3) is 0 Å². The summed E-state index contributed by atoms with van der Waals surface area (Å²) < 4.78 is 6.86. The van der Waals surface area contributed by atoms with Gasteiger partial charge in [0.15, 0.2) is 0 Å². The summed E-state index contributed by atoms with van der Waals surface area (Å²) in [6.07, 6.45) is 3.79. The number of nitrogens with one attached hydrogen (secondary N) is 1. The second kappa shape index (κ2) is 6.25. The minimum atomic E-state index is 0.332. The number of hydrogen-bond donors (Lipinski definition) is 1. The Bertz CT molecular complexity index is 624. The number of hydrogen-bond acceptors (Lipinski definition) is 3. The molecule has 0 aliphatic rings. The van der Waals surface area contributed by atoms with E-state index in [1.165, 1.54) is 15.0 Å². The molecule has 3 rings (SSSR count). The van der Waals surface area contributed by atoms with Gasteiger partial charge in [-0.25, -0.2) is 0 Å². The molecule has 0 fully saturated rings. The number of benzene rings is 1. The lowest BCUT2D eigenvalue weighted by Crippen LogP contribution is -2.23. The van der Waals surface area contributed by atoms with Gasteiger partial charge in [-0.05, 0) is 42.6 Å². The zero-order valence-electron chi connectivity index (χ0n) is 11.6. The van der Waals surface area contributed by atoms with Crippen LogP contribution in [0.25, 0.3) is 10.1 Å². The molecule has 1 unspecified atom stereocenters. The van der Waals surface area contributed by atoms with Gasteiger partial charge in [0, 0.05) is 22.0 Å². The van der Waals surface area contributed by atoms with E-state index in [-0.39, 0.29) is 0 Å². The zero-order chi connectivity index (χ0) is 13.8. The largest absolute Gasteiger partial charge is 0.469 e. The fourth-order valence-corrected chi connectivity index (χ4v) is 3.54. The Morgan fingerprint density at radius 1 is 1.20 bits per heavy atom. The summed E-state index contributed by atoms with van der Waals surface area (Å²) in [4.78, 5) is 1.39. The Kier molecular flexibility index (Phi) is 4.19. The minimum absolute atomic E-state index is 0.332. The molecule has 104 valence electrons. The predicted octanol–water partition coefficient (Wildman–Crippen LogP) is 4.78. The standard InChI is InChI=1S/C17H19NOS/c1-2-9-18-15(12-14-7-5-10-19-14)17-11-13-6-3-4-8-16(13)20-17/h3-8,10-11,15,18H,2,9,12H2,1H3. The van der Waals surface area contributed by atoms with Crippen molar-refractivity contribution in [3.63, 3.8) is 0 Å². The molecular weight excluding hydrogens is 266 g/mol. The number of furan rings is 1. The molecule has 0 amide bonds. The van der Waals surface area contributed by atoms with Crippen LogP contribution in [0.1, 0.15) is 30.0 Å². The third-order valence-corrected chi connectivity index (χ3v) is 4.64. The first-order valence-electron chi connectivity index (χ1n) is 7.11. The van der Waals surface area contributed by atoms with E-state index < -0.39 is 0 Å². The monoisotopic (exact) mass is 285 g/mol. The minimum Gasteiger partial charge on any atom is -0.469 e. The third-order valence-electron chi connectivity index (χ3n) is 3.41. The van der Waals surface area contributed by atoms with E-state index in [0.29, 0.717) is 6.04 Å². The van der Waals surface area contributed by atoms with Crippen molar-refractivity contribution in [2.75, 3.05) is 6.54 Å². The van der Waals surface area contributed by atoms with Crippen LogP contribution in [-0.4, -0.2) is 6.54 Å². The zero-order valence-corrected chi connectivity index (χ0v) is 12.5. The van der Waals surface area contributed by atoms with Crippen molar-refractivity contribution in [3.05, 3.63) is 59.4 Å². The van der Waals surface area contributed by atoms with Crippen molar-refractivity contribution in [1.29, 1.82) is 0 Å². The van der Waals surface area contributed by atoms with Gasteiger partial charge in [-0.2, -0.15) is 0 Å². The Balaban J connectivity index is 1.87. The van der Waals surface area contributed by atoms with Crippen LogP contribution in [0.3, 0.4) is 0 Å². The van der Waals surface area contributed by atoms with Crippen LogP contribution in [0.5, 0.6) is 0 Å². The van der Waals surface area contributed by atoms with Gasteiger partial charge in [0.1, 0.15) is 5.76 Å². The lowest BCUT2D eigenvalue weighted by atomic mass is 10.1. The summed E-state index contributed by atoms with van der Waals surface area (Å²) in [5, 5.41) is 4.96. The van der Waals surface area contributed by atoms with Gasteiger partial charge >= 0.3 is 0 Å². The normalized spacial score (nSPS) is 12.8. The summed E-state index contributed by atoms with van der Waals surface area (Å²) in [5.74, 6) is 1.04. The molecule has 0 bridgehead atoms. The van der Waals surface area contributed by atoms with Crippen molar-refractivity contribution in [3.8, 4) is 0 Å². The summed E-state index contributed by atoms with van der Waals surface area (Å²) in [6, 6.07) is 15.2. The van der Waals surface area contributed by atoms with Gasteiger partial charge in [0.2, 0.25) is 0 Å². The molecule has 1 aromatic carbocycles. The highest BCUT2D eigenvalue weighted by Gasteiger charge is 2.15. The highest BCUT2D eigenvalue weighted by Crippen LogP contribution is 2.31. The number of rotatable bonds is 6. The van der Waals surface area contributed by atoms with Crippen LogP contribution in [-0.2, 0) is 6.42 Å². The van der Waals surface area contributed by atoms with Crippen LogP contribution in [0.2, 0.25) is 0 Å². The SMILES string of the molecule is CCCNC(Cc1ccco1)c1cc2ccccc2s1. The van der Waals surface area contributed by atoms with Crippen LogP contribution in [0, 0.1) is 0 Å². The molecule has 0 saturated heterocycles.